The van der Waals surface area contributed by atoms with Gasteiger partial charge in [-0.1, -0.05) is 112 Å². The van der Waals surface area contributed by atoms with Crippen molar-refractivity contribution in [2.75, 3.05) is 0 Å². The Bertz CT molecular complexity index is 1550. The van der Waals surface area contributed by atoms with Crippen LogP contribution < -0.4 is 10.6 Å². The third-order valence-corrected chi connectivity index (χ3v) is 9.40. The van der Waals surface area contributed by atoms with Gasteiger partial charge in [-0.3, -0.25) is 0 Å². The minimum absolute atomic E-state index is 0.453. The van der Waals surface area contributed by atoms with Crippen LogP contribution in [0, 0.1) is 24.7 Å². The Morgan fingerprint density at radius 2 is 1.75 bits per heavy atom. The summed E-state index contributed by atoms with van der Waals surface area (Å²) in [5.74, 6) is 1.42. The first kappa shape index (κ1) is 28.2. The number of aromatic nitrogens is 1. The molecule has 0 aliphatic heterocycles. The molecule has 1 aromatic carbocycles. The number of rotatable bonds is 10. The van der Waals surface area contributed by atoms with Crippen molar-refractivity contribution in [1.29, 1.82) is 0 Å². The molecule has 1 nitrogen and oxygen atoms in total. The molecule has 0 saturated carbocycles. The van der Waals surface area contributed by atoms with E-state index < -0.39 is 0 Å². The quantitative estimate of drug-likeness (QED) is 0.270. The van der Waals surface area contributed by atoms with E-state index in [-0.39, 0.29) is 0 Å². The second-order valence-corrected chi connectivity index (χ2v) is 12.3. The van der Waals surface area contributed by atoms with Crippen molar-refractivity contribution in [2.24, 2.45) is 17.8 Å². The van der Waals surface area contributed by atoms with Crippen molar-refractivity contribution in [3.05, 3.63) is 112 Å². The predicted molar refractivity (Wildman–Crippen MR) is 176 cm³/mol. The number of hydrogen-bond acceptors (Lipinski definition) is 0. The number of fused-ring (bicyclic) bond motifs is 3. The lowest BCUT2D eigenvalue weighted by atomic mass is 9.73. The van der Waals surface area contributed by atoms with E-state index in [0.29, 0.717) is 17.8 Å². The van der Waals surface area contributed by atoms with Gasteiger partial charge in [-0.25, -0.2) is 0 Å². The van der Waals surface area contributed by atoms with E-state index >= 15 is 0 Å². The molecule has 40 heavy (non-hydrogen) atoms. The molecule has 3 unspecified atom stereocenters. The first-order valence-electron chi connectivity index (χ1n) is 15.4. The van der Waals surface area contributed by atoms with E-state index in [4.69, 9.17) is 0 Å². The maximum absolute atomic E-state index is 4.62. The van der Waals surface area contributed by atoms with Crippen molar-refractivity contribution >= 4 is 29.5 Å². The Morgan fingerprint density at radius 1 is 0.975 bits per heavy atom. The van der Waals surface area contributed by atoms with Crippen LogP contribution in [0.1, 0.15) is 88.1 Å². The summed E-state index contributed by atoms with van der Waals surface area (Å²) in [6.45, 7) is 22.4. The highest BCUT2D eigenvalue weighted by Gasteiger charge is 2.29. The average Bonchev–Trinajstić information content (AvgIpc) is 3.27. The molecule has 0 amide bonds. The fraction of sp³-hybridized carbons (Fsp3) is 0.385. The standard InChI is InChI=1S/C39H47N/c1-8-9-14-26(2)27(3)19-21-31(7)40-38-18-13-12-17-34(38)37-25-35(30(6)23-39(37)40)32-22-20-29(5)36(24-32)33-16-11-10-15-28(33)4/h10-12,15-17,20,23-25,30,32,35H,2-3,7-9,13-14,18-19,21-22H2,1,4-6H3. The Balaban J connectivity index is 1.48. The SMILES string of the molecule is C=C(CCCC)C(=C)CCC(=C)n1c2c(c3c1=CC(C)C(C1C=C(c4ccccc4C)C(C)=CC1)C=3)C=CCC2. The van der Waals surface area contributed by atoms with Crippen molar-refractivity contribution < 1.29 is 0 Å². The van der Waals surface area contributed by atoms with Crippen molar-refractivity contribution in [2.45, 2.75) is 79.1 Å². The van der Waals surface area contributed by atoms with E-state index in [2.05, 4.69) is 113 Å². The molecule has 0 N–H and O–H groups in total. The van der Waals surface area contributed by atoms with Crippen LogP contribution in [0.2, 0.25) is 0 Å². The number of nitrogens with zero attached hydrogens (tertiary/aromatic N) is 1. The number of allylic oxidation sites excluding steroid dienone is 8. The van der Waals surface area contributed by atoms with Gasteiger partial charge in [0.05, 0.1) is 0 Å². The Morgan fingerprint density at radius 3 is 2.52 bits per heavy atom. The molecule has 0 fully saturated rings. The first-order valence-corrected chi connectivity index (χ1v) is 15.4. The molecule has 0 bridgehead atoms. The summed E-state index contributed by atoms with van der Waals surface area (Å²) in [5.41, 5.74) is 12.0. The predicted octanol–water partition coefficient (Wildman–Crippen LogP) is 9.19. The van der Waals surface area contributed by atoms with E-state index in [1.54, 1.807) is 0 Å². The summed E-state index contributed by atoms with van der Waals surface area (Å²) in [6.07, 6.45) is 23.5. The molecule has 1 aromatic heterocycles. The average molecular weight is 530 g/mol. The molecule has 208 valence electrons. The first-order chi connectivity index (χ1) is 19.3. The highest BCUT2D eigenvalue weighted by molar-refractivity contribution is 5.81. The second kappa shape index (κ2) is 12.0. The maximum atomic E-state index is 4.62. The Hall–Kier alpha value is -3.32. The van der Waals surface area contributed by atoms with Gasteiger partial charge in [0, 0.05) is 27.5 Å². The Labute approximate surface area is 242 Å². The number of aryl methyl sites for hydroxylation is 1. The summed E-state index contributed by atoms with van der Waals surface area (Å²) in [7, 11) is 0. The fourth-order valence-electron chi connectivity index (χ4n) is 6.88. The molecule has 0 radical (unpaired) electrons. The lowest BCUT2D eigenvalue weighted by Gasteiger charge is -2.31. The van der Waals surface area contributed by atoms with Crippen LogP contribution in [0.3, 0.4) is 0 Å². The fourth-order valence-corrected chi connectivity index (χ4v) is 6.88. The molecule has 3 atom stereocenters. The monoisotopic (exact) mass is 529 g/mol. The largest absolute Gasteiger partial charge is 0.318 e. The molecule has 0 spiro atoms. The van der Waals surface area contributed by atoms with Crippen LogP contribution >= 0.6 is 0 Å². The minimum atomic E-state index is 0.453. The zero-order valence-electron chi connectivity index (χ0n) is 25.2. The van der Waals surface area contributed by atoms with Crippen LogP contribution in [0.5, 0.6) is 0 Å². The number of unbranched alkanes of at least 4 members (excludes halogenated alkanes) is 1. The molecule has 1 heteroatoms. The van der Waals surface area contributed by atoms with Crippen molar-refractivity contribution in [3.63, 3.8) is 0 Å². The highest BCUT2D eigenvalue weighted by atomic mass is 15.0. The van der Waals surface area contributed by atoms with Gasteiger partial charge < -0.3 is 4.57 Å². The second-order valence-electron chi connectivity index (χ2n) is 12.3. The van der Waals surface area contributed by atoms with Gasteiger partial charge in [-0.15, -0.1) is 0 Å². The molecular formula is C39H47N. The van der Waals surface area contributed by atoms with Gasteiger partial charge >= 0.3 is 0 Å². The summed E-state index contributed by atoms with van der Waals surface area (Å²) >= 11 is 0. The molecule has 1 heterocycles. The number of benzene rings is 1. The minimum Gasteiger partial charge on any atom is -0.318 e. The summed E-state index contributed by atoms with van der Waals surface area (Å²) in [4.78, 5) is 0. The van der Waals surface area contributed by atoms with E-state index in [1.807, 2.05) is 0 Å². The number of hydrogen-bond donors (Lipinski definition) is 0. The maximum Gasteiger partial charge on any atom is 0.0494 e. The van der Waals surface area contributed by atoms with Crippen LogP contribution in [0.4, 0.5) is 0 Å². The molecule has 0 saturated heterocycles. The zero-order valence-corrected chi connectivity index (χ0v) is 25.2. The van der Waals surface area contributed by atoms with Crippen LogP contribution in [-0.2, 0) is 6.42 Å². The van der Waals surface area contributed by atoms with Gasteiger partial charge in [-0.05, 0) is 98.8 Å². The topological polar surface area (TPSA) is 4.93 Å². The van der Waals surface area contributed by atoms with Gasteiger partial charge in [-0.2, -0.15) is 0 Å². The van der Waals surface area contributed by atoms with Crippen molar-refractivity contribution in [3.8, 4) is 0 Å². The lowest BCUT2D eigenvalue weighted by Crippen LogP contribution is -2.37. The van der Waals surface area contributed by atoms with Crippen LogP contribution in [-0.4, -0.2) is 4.57 Å². The molecular weight excluding hydrogens is 482 g/mol. The molecule has 3 aliphatic carbocycles. The summed E-state index contributed by atoms with van der Waals surface area (Å²) < 4.78 is 2.50. The van der Waals surface area contributed by atoms with E-state index in [9.17, 15) is 0 Å². The lowest BCUT2D eigenvalue weighted by molar-refractivity contribution is 0.425. The van der Waals surface area contributed by atoms with E-state index in [1.165, 1.54) is 73.8 Å². The van der Waals surface area contributed by atoms with Crippen molar-refractivity contribution in [1.82, 2.24) is 4.57 Å². The third-order valence-electron chi connectivity index (χ3n) is 9.40. The normalized spacial score (nSPS) is 21.4. The molecule has 5 rings (SSSR count). The molecule has 3 aliphatic rings. The Kier molecular flexibility index (Phi) is 8.50. The van der Waals surface area contributed by atoms with Crippen LogP contribution in [0.15, 0.2) is 78.9 Å². The van der Waals surface area contributed by atoms with Gasteiger partial charge in [0.2, 0.25) is 0 Å². The third kappa shape index (κ3) is 5.49. The molecule has 2 aromatic rings. The zero-order chi connectivity index (χ0) is 28.4. The van der Waals surface area contributed by atoms with Gasteiger partial charge in [0.15, 0.2) is 0 Å². The van der Waals surface area contributed by atoms with E-state index in [0.717, 1.165) is 38.5 Å². The summed E-state index contributed by atoms with van der Waals surface area (Å²) in [6, 6.07) is 8.81. The summed E-state index contributed by atoms with van der Waals surface area (Å²) in [5, 5.41) is 2.77. The smallest absolute Gasteiger partial charge is 0.0494 e. The van der Waals surface area contributed by atoms with Gasteiger partial charge in [0.25, 0.3) is 0 Å². The van der Waals surface area contributed by atoms with Crippen LogP contribution in [0.25, 0.3) is 29.5 Å². The highest BCUT2D eigenvalue weighted by Crippen LogP contribution is 2.39. The van der Waals surface area contributed by atoms with Gasteiger partial charge in [0.1, 0.15) is 0 Å².